The predicted octanol–water partition coefficient (Wildman–Crippen LogP) is 2.64. The number of halogens is 3. The fraction of sp³-hybridized carbons (Fsp3) is 0.667. The van der Waals surface area contributed by atoms with Crippen LogP contribution >= 0.6 is 11.6 Å². The average Bonchev–Trinajstić information content (AvgIpc) is 2.49. The van der Waals surface area contributed by atoms with Gasteiger partial charge in [0.25, 0.3) is 6.43 Å². The van der Waals surface area contributed by atoms with Crippen LogP contribution in [0.5, 0.6) is 0 Å². The first-order valence-corrected chi connectivity index (χ1v) is 5.05. The summed E-state index contributed by atoms with van der Waals surface area (Å²) < 4.78 is 27.0. The Bertz CT molecular complexity index is 325. The molecule has 6 heteroatoms. The Labute approximate surface area is 92.4 Å². The van der Waals surface area contributed by atoms with Crippen LogP contribution in [-0.2, 0) is 0 Å². The minimum atomic E-state index is -2.51. The maximum atomic E-state index is 12.7. The number of alkyl halides is 2. The SMILES string of the molecule is CNC(c1c(Cl)cnn1C(C)C)C(F)F. The van der Waals surface area contributed by atoms with Crippen molar-refractivity contribution in [3.05, 3.63) is 16.9 Å². The largest absolute Gasteiger partial charge is 0.307 e. The third-order valence-corrected chi connectivity index (χ3v) is 2.42. The number of nitrogens with one attached hydrogen (secondary N) is 1. The maximum absolute atomic E-state index is 12.7. The quantitative estimate of drug-likeness (QED) is 0.873. The summed E-state index contributed by atoms with van der Waals surface area (Å²) in [5.74, 6) is 0. The van der Waals surface area contributed by atoms with E-state index < -0.39 is 12.5 Å². The monoisotopic (exact) mass is 237 g/mol. The Kier molecular flexibility index (Phi) is 4.04. The third-order valence-electron chi connectivity index (χ3n) is 2.13. The van der Waals surface area contributed by atoms with Gasteiger partial charge in [-0.1, -0.05) is 11.6 Å². The minimum Gasteiger partial charge on any atom is -0.307 e. The number of nitrogens with zero attached hydrogens (tertiary/aromatic N) is 2. The molecule has 0 aromatic carbocycles. The lowest BCUT2D eigenvalue weighted by atomic mass is 10.2. The van der Waals surface area contributed by atoms with E-state index in [1.165, 1.54) is 17.9 Å². The molecule has 1 atom stereocenters. The van der Waals surface area contributed by atoms with Crippen LogP contribution in [0.3, 0.4) is 0 Å². The predicted molar refractivity (Wildman–Crippen MR) is 55.4 cm³/mol. The highest BCUT2D eigenvalue weighted by molar-refractivity contribution is 6.31. The Morgan fingerprint density at radius 3 is 2.47 bits per heavy atom. The van der Waals surface area contributed by atoms with Gasteiger partial charge in [0, 0.05) is 6.04 Å². The molecule has 86 valence electrons. The van der Waals surface area contributed by atoms with E-state index in [-0.39, 0.29) is 11.1 Å². The molecule has 1 aromatic heterocycles. The van der Waals surface area contributed by atoms with Crippen LogP contribution in [0.2, 0.25) is 5.02 Å². The Balaban J connectivity index is 3.14. The van der Waals surface area contributed by atoms with Crippen LogP contribution in [0.15, 0.2) is 6.20 Å². The van der Waals surface area contributed by atoms with Crippen molar-refractivity contribution >= 4 is 11.6 Å². The van der Waals surface area contributed by atoms with Crippen molar-refractivity contribution in [3.63, 3.8) is 0 Å². The molecule has 0 spiro atoms. The summed E-state index contributed by atoms with van der Waals surface area (Å²) in [6.07, 6.45) is -1.12. The summed E-state index contributed by atoms with van der Waals surface area (Å²) in [5, 5.41) is 6.79. The highest BCUT2D eigenvalue weighted by atomic mass is 35.5. The van der Waals surface area contributed by atoms with E-state index in [2.05, 4.69) is 10.4 Å². The van der Waals surface area contributed by atoms with Crippen LogP contribution in [0, 0.1) is 0 Å². The van der Waals surface area contributed by atoms with Gasteiger partial charge in [-0.2, -0.15) is 5.10 Å². The minimum absolute atomic E-state index is 0.00194. The third kappa shape index (κ3) is 2.46. The van der Waals surface area contributed by atoms with Gasteiger partial charge in [-0.3, -0.25) is 4.68 Å². The van der Waals surface area contributed by atoms with E-state index in [9.17, 15) is 8.78 Å². The van der Waals surface area contributed by atoms with Crippen LogP contribution in [0.1, 0.15) is 31.6 Å². The Hall–Kier alpha value is -0.680. The van der Waals surface area contributed by atoms with Crippen LogP contribution in [-0.4, -0.2) is 23.3 Å². The molecule has 0 fully saturated rings. The van der Waals surface area contributed by atoms with Gasteiger partial charge in [-0.05, 0) is 20.9 Å². The molecule has 0 saturated heterocycles. The molecule has 1 aromatic rings. The summed E-state index contributed by atoms with van der Waals surface area (Å²) >= 11 is 5.85. The highest BCUT2D eigenvalue weighted by Crippen LogP contribution is 2.28. The Morgan fingerprint density at radius 2 is 2.07 bits per heavy atom. The van der Waals surface area contributed by atoms with E-state index >= 15 is 0 Å². The van der Waals surface area contributed by atoms with Gasteiger partial charge in [-0.25, -0.2) is 8.78 Å². The molecule has 15 heavy (non-hydrogen) atoms. The number of rotatable bonds is 4. The van der Waals surface area contributed by atoms with Gasteiger partial charge >= 0.3 is 0 Å². The number of aromatic nitrogens is 2. The van der Waals surface area contributed by atoms with Gasteiger partial charge in [0.15, 0.2) is 0 Å². The molecular formula is C9H14ClF2N3. The van der Waals surface area contributed by atoms with Crippen LogP contribution in [0.4, 0.5) is 8.78 Å². The number of hydrogen-bond donors (Lipinski definition) is 1. The fourth-order valence-electron chi connectivity index (χ4n) is 1.44. The second-order valence-corrected chi connectivity index (χ2v) is 3.92. The molecule has 3 nitrogen and oxygen atoms in total. The van der Waals surface area contributed by atoms with Gasteiger partial charge in [0.05, 0.1) is 16.9 Å². The second-order valence-electron chi connectivity index (χ2n) is 3.52. The van der Waals surface area contributed by atoms with Gasteiger partial charge in [-0.15, -0.1) is 0 Å². The maximum Gasteiger partial charge on any atom is 0.259 e. The molecule has 1 N–H and O–H groups in total. The smallest absolute Gasteiger partial charge is 0.259 e. The second kappa shape index (κ2) is 4.90. The van der Waals surface area contributed by atoms with Crippen molar-refractivity contribution in [3.8, 4) is 0 Å². The van der Waals surface area contributed by atoms with E-state index in [0.29, 0.717) is 5.69 Å². The zero-order valence-corrected chi connectivity index (χ0v) is 9.59. The topological polar surface area (TPSA) is 29.9 Å². The summed E-state index contributed by atoms with van der Waals surface area (Å²) in [6.45, 7) is 3.73. The van der Waals surface area contributed by atoms with Crippen molar-refractivity contribution in [2.45, 2.75) is 32.4 Å². The zero-order valence-electron chi connectivity index (χ0n) is 8.84. The molecular weight excluding hydrogens is 224 g/mol. The van der Waals surface area contributed by atoms with Gasteiger partial charge in [0.1, 0.15) is 6.04 Å². The first-order chi connectivity index (χ1) is 6.99. The summed E-state index contributed by atoms with van der Waals surface area (Å²) in [4.78, 5) is 0. The lowest BCUT2D eigenvalue weighted by Crippen LogP contribution is -2.27. The first kappa shape index (κ1) is 12.4. The Morgan fingerprint density at radius 1 is 1.47 bits per heavy atom. The highest BCUT2D eigenvalue weighted by Gasteiger charge is 2.27. The van der Waals surface area contributed by atoms with Crippen molar-refractivity contribution in [1.82, 2.24) is 15.1 Å². The summed E-state index contributed by atoms with van der Waals surface area (Å²) in [6, 6.07) is -1.08. The van der Waals surface area contributed by atoms with Crippen LogP contribution in [0.25, 0.3) is 0 Å². The van der Waals surface area contributed by atoms with Crippen molar-refractivity contribution in [2.24, 2.45) is 0 Å². The molecule has 0 saturated carbocycles. The average molecular weight is 238 g/mol. The van der Waals surface area contributed by atoms with E-state index in [4.69, 9.17) is 11.6 Å². The summed E-state index contributed by atoms with van der Waals surface area (Å²) in [5.41, 5.74) is 0.337. The van der Waals surface area contributed by atoms with Crippen molar-refractivity contribution in [2.75, 3.05) is 7.05 Å². The van der Waals surface area contributed by atoms with Crippen molar-refractivity contribution < 1.29 is 8.78 Å². The molecule has 1 rings (SSSR count). The van der Waals surface area contributed by atoms with Crippen molar-refractivity contribution in [1.29, 1.82) is 0 Å². The van der Waals surface area contributed by atoms with E-state index in [0.717, 1.165) is 0 Å². The fourth-order valence-corrected chi connectivity index (χ4v) is 1.68. The van der Waals surface area contributed by atoms with Gasteiger partial charge in [0.2, 0.25) is 0 Å². The number of hydrogen-bond acceptors (Lipinski definition) is 2. The lowest BCUT2D eigenvalue weighted by molar-refractivity contribution is 0.0975. The molecule has 0 aliphatic rings. The molecule has 0 radical (unpaired) electrons. The first-order valence-electron chi connectivity index (χ1n) is 4.67. The molecule has 0 aliphatic carbocycles. The summed E-state index contributed by atoms with van der Waals surface area (Å²) in [7, 11) is 1.48. The van der Waals surface area contributed by atoms with E-state index in [1.807, 2.05) is 13.8 Å². The standard InChI is InChI=1S/C9H14ClF2N3/c1-5(2)15-8(6(10)4-14-15)7(13-3)9(11)12/h4-5,7,9,13H,1-3H3. The normalized spacial score (nSPS) is 13.9. The van der Waals surface area contributed by atoms with Gasteiger partial charge < -0.3 is 5.32 Å². The molecule has 1 unspecified atom stereocenters. The lowest BCUT2D eigenvalue weighted by Gasteiger charge is -2.19. The molecule has 0 amide bonds. The molecule has 0 bridgehead atoms. The van der Waals surface area contributed by atoms with Crippen LogP contribution < -0.4 is 5.32 Å². The molecule has 0 aliphatic heterocycles. The van der Waals surface area contributed by atoms with E-state index in [1.54, 1.807) is 0 Å². The zero-order chi connectivity index (χ0) is 11.6. The molecule has 1 heterocycles.